The topological polar surface area (TPSA) is 53.0 Å². The summed E-state index contributed by atoms with van der Waals surface area (Å²) in [5.74, 6) is 0.164. The summed E-state index contributed by atoms with van der Waals surface area (Å²) in [7, 11) is 1.71. The predicted molar refractivity (Wildman–Crippen MR) is 81.7 cm³/mol. The second-order valence-corrected chi connectivity index (χ2v) is 5.63. The van der Waals surface area contributed by atoms with Crippen molar-refractivity contribution < 1.29 is 14.6 Å². The van der Waals surface area contributed by atoms with E-state index in [-0.39, 0.29) is 11.7 Å². The van der Waals surface area contributed by atoms with Gasteiger partial charge < -0.3 is 14.7 Å². The minimum absolute atomic E-state index is 0.00987. The Morgan fingerprint density at radius 3 is 2.57 bits per heavy atom. The van der Waals surface area contributed by atoms with Gasteiger partial charge in [0.15, 0.2) is 0 Å². The summed E-state index contributed by atoms with van der Waals surface area (Å²) in [6, 6.07) is 5.48. The van der Waals surface area contributed by atoms with Crippen molar-refractivity contribution in [3.8, 4) is 5.75 Å². The van der Waals surface area contributed by atoms with E-state index in [0.717, 1.165) is 18.7 Å². The van der Waals surface area contributed by atoms with E-state index in [4.69, 9.17) is 4.74 Å². The Balaban J connectivity index is 1.95. The van der Waals surface area contributed by atoms with Crippen LogP contribution in [0.2, 0.25) is 0 Å². The van der Waals surface area contributed by atoms with Crippen molar-refractivity contribution in [1.29, 1.82) is 0 Å². The average Bonchev–Trinajstić information content (AvgIpc) is 2.50. The van der Waals surface area contributed by atoms with E-state index in [0.29, 0.717) is 31.3 Å². The number of piperazine rings is 1. The smallest absolute Gasteiger partial charge is 0.254 e. The van der Waals surface area contributed by atoms with Gasteiger partial charge in [-0.25, -0.2) is 0 Å². The van der Waals surface area contributed by atoms with E-state index < -0.39 is 0 Å². The average molecular weight is 292 g/mol. The van der Waals surface area contributed by atoms with Crippen LogP contribution in [0.15, 0.2) is 18.2 Å². The highest BCUT2D eigenvalue weighted by Gasteiger charge is 2.24. The number of hydrogen-bond acceptors (Lipinski definition) is 4. The van der Waals surface area contributed by atoms with Crippen molar-refractivity contribution in [2.24, 2.45) is 0 Å². The zero-order valence-electron chi connectivity index (χ0n) is 13.0. The number of aryl methyl sites for hydroxylation is 1. The number of methoxy groups -OCH3 is 1. The predicted octanol–water partition coefficient (Wildman–Crippen LogP) is 1.49. The fourth-order valence-corrected chi connectivity index (χ4v) is 2.64. The number of carbonyl (C=O) groups is 1. The molecular formula is C16H24N2O3. The van der Waals surface area contributed by atoms with Gasteiger partial charge in [0.1, 0.15) is 5.75 Å². The molecule has 1 aromatic carbocycles. The highest BCUT2D eigenvalue weighted by atomic mass is 16.5. The first-order valence-electron chi connectivity index (χ1n) is 7.35. The maximum atomic E-state index is 12.4. The lowest BCUT2D eigenvalue weighted by atomic mass is 10.1. The number of nitrogens with zero attached hydrogens (tertiary/aromatic N) is 2. The van der Waals surface area contributed by atoms with Crippen molar-refractivity contribution >= 4 is 5.91 Å². The van der Waals surface area contributed by atoms with Crippen LogP contribution in [0.3, 0.4) is 0 Å². The fraction of sp³-hybridized carbons (Fsp3) is 0.562. The third-order valence-corrected chi connectivity index (χ3v) is 4.09. The zero-order valence-corrected chi connectivity index (χ0v) is 13.0. The first-order chi connectivity index (χ1) is 10.0. The number of aromatic hydroxyl groups is 1. The maximum Gasteiger partial charge on any atom is 0.254 e. The molecule has 2 rings (SSSR count). The van der Waals surface area contributed by atoms with Gasteiger partial charge in [-0.3, -0.25) is 9.69 Å². The van der Waals surface area contributed by atoms with Gasteiger partial charge in [0, 0.05) is 44.9 Å². The third-order valence-electron chi connectivity index (χ3n) is 4.09. The quantitative estimate of drug-likeness (QED) is 0.913. The van der Waals surface area contributed by atoms with Crippen molar-refractivity contribution in [1.82, 2.24) is 9.80 Å². The van der Waals surface area contributed by atoms with Gasteiger partial charge in [-0.2, -0.15) is 0 Å². The Morgan fingerprint density at radius 1 is 1.33 bits per heavy atom. The van der Waals surface area contributed by atoms with Crippen LogP contribution in [-0.4, -0.2) is 66.8 Å². The second-order valence-electron chi connectivity index (χ2n) is 5.63. The van der Waals surface area contributed by atoms with Gasteiger partial charge in [-0.05, 0) is 31.5 Å². The Morgan fingerprint density at radius 2 is 2.00 bits per heavy atom. The molecular weight excluding hydrogens is 268 g/mol. The molecule has 0 bridgehead atoms. The molecule has 1 amide bonds. The molecule has 0 aliphatic carbocycles. The molecule has 5 nitrogen and oxygen atoms in total. The molecule has 0 spiro atoms. The van der Waals surface area contributed by atoms with Crippen molar-refractivity contribution in [2.75, 3.05) is 39.9 Å². The van der Waals surface area contributed by atoms with E-state index in [1.165, 1.54) is 0 Å². The highest BCUT2D eigenvalue weighted by molar-refractivity contribution is 5.94. The van der Waals surface area contributed by atoms with Crippen LogP contribution in [-0.2, 0) is 4.74 Å². The molecule has 1 atom stereocenters. The van der Waals surface area contributed by atoms with Gasteiger partial charge in [0.2, 0.25) is 0 Å². The lowest BCUT2D eigenvalue weighted by Gasteiger charge is -2.37. The molecule has 1 unspecified atom stereocenters. The maximum absolute atomic E-state index is 12.4. The lowest BCUT2D eigenvalue weighted by Crippen LogP contribution is -2.52. The Hall–Kier alpha value is -1.59. The summed E-state index contributed by atoms with van der Waals surface area (Å²) in [5, 5.41) is 9.73. The van der Waals surface area contributed by atoms with Crippen LogP contribution in [0.4, 0.5) is 0 Å². The molecule has 21 heavy (non-hydrogen) atoms. The van der Waals surface area contributed by atoms with E-state index in [1.54, 1.807) is 25.3 Å². The molecule has 1 fully saturated rings. The number of hydrogen-bond donors (Lipinski definition) is 1. The molecule has 1 heterocycles. The molecule has 0 saturated carbocycles. The minimum Gasteiger partial charge on any atom is -0.508 e. The summed E-state index contributed by atoms with van der Waals surface area (Å²) >= 11 is 0. The van der Waals surface area contributed by atoms with Gasteiger partial charge in [-0.1, -0.05) is 6.07 Å². The van der Waals surface area contributed by atoms with E-state index in [9.17, 15) is 9.90 Å². The summed E-state index contributed by atoms with van der Waals surface area (Å²) in [5.41, 5.74) is 1.33. The third kappa shape index (κ3) is 3.74. The molecule has 1 N–H and O–H groups in total. The van der Waals surface area contributed by atoms with Crippen molar-refractivity contribution in [3.63, 3.8) is 0 Å². The molecule has 0 radical (unpaired) electrons. The number of ether oxygens (including phenoxy) is 1. The summed E-state index contributed by atoms with van der Waals surface area (Å²) in [6.07, 6.45) is 0. The van der Waals surface area contributed by atoms with E-state index in [2.05, 4.69) is 11.8 Å². The second kappa shape index (κ2) is 6.91. The highest BCUT2D eigenvalue weighted by Crippen LogP contribution is 2.19. The number of phenolic OH excluding ortho intramolecular Hbond substituents is 1. The summed E-state index contributed by atoms with van der Waals surface area (Å²) in [6.45, 7) is 7.80. The van der Waals surface area contributed by atoms with Gasteiger partial charge in [0.25, 0.3) is 5.91 Å². The van der Waals surface area contributed by atoms with Gasteiger partial charge in [-0.15, -0.1) is 0 Å². The summed E-state index contributed by atoms with van der Waals surface area (Å²) in [4.78, 5) is 16.6. The van der Waals surface area contributed by atoms with Crippen LogP contribution in [0.1, 0.15) is 22.8 Å². The van der Waals surface area contributed by atoms with Crippen molar-refractivity contribution in [2.45, 2.75) is 19.9 Å². The number of rotatable bonds is 4. The fourth-order valence-electron chi connectivity index (χ4n) is 2.64. The first kappa shape index (κ1) is 15.8. The van der Waals surface area contributed by atoms with Gasteiger partial charge >= 0.3 is 0 Å². The zero-order chi connectivity index (χ0) is 15.4. The Kier molecular flexibility index (Phi) is 5.20. The lowest BCUT2D eigenvalue weighted by molar-refractivity contribution is 0.0448. The van der Waals surface area contributed by atoms with Crippen LogP contribution in [0.25, 0.3) is 0 Å². The number of amides is 1. The molecule has 1 aliphatic rings. The number of benzene rings is 1. The first-order valence-corrected chi connectivity index (χ1v) is 7.35. The van der Waals surface area contributed by atoms with E-state index >= 15 is 0 Å². The van der Waals surface area contributed by atoms with Crippen LogP contribution in [0, 0.1) is 6.92 Å². The molecule has 1 aliphatic heterocycles. The Labute approximate surface area is 126 Å². The van der Waals surface area contributed by atoms with Crippen LogP contribution in [0.5, 0.6) is 5.75 Å². The standard InChI is InChI=1S/C16H24N2O3/c1-12-4-5-14(10-15(12)19)16(20)18-8-6-17(7-9-18)13(2)11-21-3/h4-5,10,13,19H,6-9,11H2,1-3H3. The van der Waals surface area contributed by atoms with Crippen LogP contribution < -0.4 is 0 Å². The Bertz CT molecular complexity index is 496. The van der Waals surface area contributed by atoms with E-state index in [1.807, 2.05) is 11.8 Å². The molecule has 1 aromatic rings. The monoisotopic (exact) mass is 292 g/mol. The largest absolute Gasteiger partial charge is 0.508 e. The SMILES string of the molecule is COCC(C)N1CCN(C(=O)c2ccc(C)c(O)c2)CC1. The normalized spacial score (nSPS) is 17.8. The number of carbonyl (C=O) groups excluding carboxylic acids is 1. The molecule has 5 heteroatoms. The molecule has 116 valence electrons. The van der Waals surface area contributed by atoms with Crippen molar-refractivity contribution in [3.05, 3.63) is 29.3 Å². The van der Waals surface area contributed by atoms with Crippen LogP contribution >= 0.6 is 0 Å². The van der Waals surface area contributed by atoms with Gasteiger partial charge in [0.05, 0.1) is 6.61 Å². The minimum atomic E-state index is -0.00987. The number of phenols is 1. The molecule has 0 aromatic heterocycles. The summed E-state index contributed by atoms with van der Waals surface area (Å²) < 4.78 is 5.17. The molecule has 1 saturated heterocycles.